The summed E-state index contributed by atoms with van der Waals surface area (Å²) >= 11 is 1.40. The number of thiophene rings is 1. The lowest BCUT2D eigenvalue weighted by Crippen LogP contribution is -2.03. The second-order valence-corrected chi connectivity index (χ2v) is 5.74. The van der Waals surface area contributed by atoms with Gasteiger partial charge in [0, 0.05) is 0 Å². The number of aromatic nitrogens is 3. The number of nitrogens with one attached hydrogen (secondary N) is 1. The second-order valence-electron chi connectivity index (χ2n) is 4.83. The molecule has 24 heavy (non-hydrogen) atoms. The lowest BCUT2D eigenvalue weighted by Gasteiger charge is -2.05. The van der Waals surface area contributed by atoms with Crippen molar-refractivity contribution in [1.29, 1.82) is 5.26 Å². The van der Waals surface area contributed by atoms with E-state index in [-0.39, 0.29) is 5.69 Å². The highest BCUT2D eigenvalue weighted by Gasteiger charge is 2.29. The fourth-order valence-electron chi connectivity index (χ4n) is 2.02. The van der Waals surface area contributed by atoms with Crippen LogP contribution in [0.2, 0.25) is 0 Å². The van der Waals surface area contributed by atoms with Crippen molar-refractivity contribution in [2.24, 2.45) is 0 Å². The van der Waals surface area contributed by atoms with Crippen LogP contribution in [0.15, 0.2) is 35.7 Å². The monoisotopic (exact) mass is 346 g/mol. The van der Waals surface area contributed by atoms with E-state index < -0.39 is 11.7 Å². The van der Waals surface area contributed by atoms with E-state index in [2.05, 4.69) is 15.4 Å². The minimum absolute atomic E-state index is 0.218. The molecule has 3 aromatic rings. The van der Waals surface area contributed by atoms with Gasteiger partial charge in [0.1, 0.15) is 11.8 Å². The van der Waals surface area contributed by atoms with Crippen LogP contribution in [0.4, 0.5) is 13.2 Å². The van der Waals surface area contributed by atoms with Crippen molar-refractivity contribution in [2.45, 2.75) is 6.18 Å². The van der Waals surface area contributed by atoms with E-state index in [4.69, 9.17) is 5.26 Å². The molecule has 120 valence electrons. The van der Waals surface area contributed by atoms with Crippen LogP contribution >= 0.6 is 11.3 Å². The zero-order valence-corrected chi connectivity index (χ0v) is 12.8. The molecule has 1 aromatic carbocycles. The van der Waals surface area contributed by atoms with Crippen LogP contribution in [0.25, 0.3) is 22.7 Å². The molecule has 0 aliphatic rings. The summed E-state index contributed by atoms with van der Waals surface area (Å²) in [5.74, 6) is 0. The van der Waals surface area contributed by atoms with Crippen molar-refractivity contribution in [2.75, 3.05) is 0 Å². The smallest absolute Gasteiger partial charge is 0.196 e. The molecule has 0 aliphatic carbocycles. The summed E-state index contributed by atoms with van der Waals surface area (Å²) in [6, 6.07) is 8.71. The first-order chi connectivity index (χ1) is 11.5. The average Bonchev–Trinajstić information content (AvgIpc) is 3.21. The largest absolute Gasteiger partial charge is 0.416 e. The van der Waals surface area contributed by atoms with Gasteiger partial charge in [-0.3, -0.25) is 0 Å². The van der Waals surface area contributed by atoms with Gasteiger partial charge in [0.25, 0.3) is 0 Å². The molecule has 0 saturated carbocycles. The Bertz CT molecular complexity index is 914. The van der Waals surface area contributed by atoms with Crippen LogP contribution in [0.5, 0.6) is 0 Å². The Balaban J connectivity index is 1.77. The summed E-state index contributed by atoms with van der Waals surface area (Å²) in [5, 5.41) is 20.9. The molecule has 1 N–H and O–H groups in total. The molecule has 8 heteroatoms. The number of nitriles is 1. The number of benzene rings is 1. The maximum absolute atomic E-state index is 12.5. The standard InChI is InChI=1S/C16H9F3N4S/c17-16(18,19)12-5-3-10(4-6-12)1-2-11-7-14(24-9-11)15-13(8-20)21-23-22-15/h1-7,9H,(H,21,22,23)/b2-1+. The van der Waals surface area contributed by atoms with Gasteiger partial charge in [0.15, 0.2) is 5.69 Å². The van der Waals surface area contributed by atoms with Gasteiger partial charge in [-0.05, 0) is 34.7 Å². The molecule has 4 nitrogen and oxygen atoms in total. The highest BCUT2D eigenvalue weighted by molar-refractivity contribution is 7.13. The maximum atomic E-state index is 12.5. The molecular weight excluding hydrogens is 337 g/mol. The van der Waals surface area contributed by atoms with E-state index in [0.29, 0.717) is 11.3 Å². The Hall–Kier alpha value is -2.92. The topological polar surface area (TPSA) is 65.4 Å². The summed E-state index contributed by atoms with van der Waals surface area (Å²) in [4.78, 5) is 0.785. The number of hydrogen-bond acceptors (Lipinski definition) is 4. The first kappa shape index (κ1) is 16.0. The highest BCUT2D eigenvalue weighted by atomic mass is 32.1. The highest BCUT2D eigenvalue weighted by Crippen LogP contribution is 2.30. The van der Waals surface area contributed by atoms with Gasteiger partial charge in [-0.2, -0.15) is 28.7 Å². The molecule has 2 aromatic heterocycles. The molecule has 0 unspecified atom stereocenters. The van der Waals surface area contributed by atoms with Crippen LogP contribution in [0, 0.1) is 11.3 Å². The van der Waals surface area contributed by atoms with E-state index in [9.17, 15) is 13.2 Å². The Morgan fingerprint density at radius 3 is 2.46 bits per heavy atom. The molecular formula is C16H9F3N4S. The number of alkyl halides is 3. The summed E-state index contributed by atoms with van der Waals surface area (Å²) in [6.45, 7) is 0. The Kier molecular flexibility index (Phi) is 4.18. The van der Waals surface area contributed by atoms with Gasteiger partial charge in [-0.15, -0.1) is 16.4 Å². The Morgan fingerprint density at radius 1 is 1.08 bits per heavy atom. The van der Waals surface area contributed by atoms with E-state index in [0.717, 1.165) is 22.6 Å². The van der Waals surface area contributed by atoms with E-state index in [1.54, 1.807) is 12.2 Å². The zero-order valence-electron chi connectivity index (χ0n) is 12.0. The molecule has 0 saturated heterocycles. The lowest BCUT2D eigenvalue weighted by atomic mass is 10.1. The normalized spacial score (nSPS) is 11.8. The van der Waals surface area contributed by atoms with Gasteiger partial charge in [0.05, 0.1) is 10.4 Å². The van der Waals surface area contributed by atoms with Gasteiger partial charge >= 0.3 is 6.18 Å². The first-order valence-corrected chi connectivity index (χ1v) is 7.60. The van der Waals surface area contributed by atoms with Crippen molar-refractivity contribution in [3.05, 3.63) is 58.1 Å². The summed E-state index contributed by atoms with van der Waals surface area (Å²) in [6.07, 6.45) is -0.824. The van der Waals surface area contributed by atoms with Crippen LogP contribution < -0.4 is 0 Å². The third-order valence-corrected chi connectivity index (χ3v) is 4.17. The van der Waals surface area contributed by atoms with Crippen LogP contribution in [-0.4, -0.2) is 15.4 Å². The van der Waals surface area contributed by atoms with E-state index in [1.807, 2.05) is 17.5 Å². The average molecular weight is 346 g/mol. The maximum Gasteiger partial charge on any atom is 0.416 e. The lowest BCUT2D eigenvalue weighted by molar-refractivity contribution is -0.137. The molecule has 0 spiro atoms. The molecule has 0 bridgehead atoms. The van der Waals surface area contributed by atoms with E-state index >= 15 is 0 Å². The predicted molar refractivity (Wildman–Crippen MR) is 84.8 cm³/mol. The SMILES string of the molecule is N#Cc1n[nH]nc1-c1cc(/C=C/c2ccc(C(F)(F)F)cc2)cs1. The molecule has 0 atom stereocenters. The third-order valence-electron chi connectivity index (χ3n) is 3.21. The summed E-state index contributed by atoms with van der Waals surface area (Å²) in [7, 11) is 0. The van der Waals surface area contributed by atoms with E-state index in [1.165, 1.54) is 23.5 Å². The van der Waals surface area contributed by atoms with Gasteiger partial charge in [-0.1, -0.05) is 24.3 Å². The second kappa shape index (κ2) is 6.29. The Labute approximate surface area is 138 Å². The van der Waals surface area contributed by atoms with Crippen molar-refractivity contribution < 1.29 is 13.2 Å². The summed E-state index contributed by atoms with van der Waals surface area (Å²) in [5.41, 5.74) is 1.55. The Morgan fingerprint density at radius 2 is 1.79 bits per heavy atom. The fourth-order valence-corrected chi connectivity index (χ4v) is 2.89. The van der Waals surface area contributed by atoms with Crippen molar-refractivity contribution >= 4 is 23.5 Å². The van der Waals surface area contributed by atoms with Crippen molar-refractivity contribution in [3.63, 3.8) is 0 Å². The number of rotatable bonds is 3. The molecule has 0 fully saturated rings. The third kappa shape index (κ3) is 3.36. The minimum atomic E-state index is -4.33. The number of aromatic amines is 1. The van der Waals surface area contributed by atoms with Crippen LogP contribution in [-0.2, 0) is 6.18 Å². The van der Waals surface area contributed by atoms with Gasteiger partial charge < -0.3 is 0 Å². The molecule has 0 radical (unpaired) electrons. The van der Waals surface area contributed by atoms with Gasteiger partial charge in [-0.25, -0.2) is 0 Å². The fraction of sp³-hybridized carbons (Fsp3) is 0.0625. The quantitative estimate of drug-likeness (QED) is 0.754. The number of nitrogens with zero attached hydrogens (tertiary/aromatic N) is 3. The minimum Gasteiger partial charge on any atom is -0.196 e. The predicted octanol–water partition coefficient (Wildman–Crippen LogP) is 4.59. The molecule has 3 rings (SSSR count). The number of hydrogen-bond donors (Lipinski definition) is 1. The number of H-pyrrole nitrogens is 1. The van der Waals surface area contributed by atoms with Gasteiger partial charge in [0.2, 0.25) is 0 Å². The van der Waals surface area contributed by atoms with Crippen LogP contribution in [0.1, 0.15) is 22.4 Å². The van der Waals surface area contributed by atoms with Crippen LogP contribution in [0.3, 0.4) is 0 Å². The first-order valence-electron chi connectivity index (χ1n) is 6.72. The molecule has 0 amide bonds. The molecule has 2 heterocycles. The van der Waals surface area contributed by atoms with Crippen molar-refractivity contribution in [3.8, 4) is 16.6 Å². The summed E-state index contributed by atoms with van der Waals surface area (Å²) < 4.78 is 37.5. The number of halogens is 3. The molecule has 0 aliphatic heterocycles. The van der Waals surface area contributed by atoms with Crippen molar-refractivity contribution in [1.82, 2.24) is 15.4 Å². The zero-order chi connectivity index (χ0) is 17.2.